The van der Waals surface area contributed by atoms with E-state index < -0.39 is 23.5 Å². The molecule has 1 N–H and O–H groups in total. The van der Waals surface area contributed by atoms with Crippen LogP contribution in [0, 0.1) is 12.7 Å². The van der Waals surface area contributed by atoms with Gasteiger partial charge in [0, 0.05) is 5.56 Å². The number of unbranched alkanes of at least 4 members (excludes halogenated alkanes) is 2. The molecule has 6 nitrogen and oxygen atoms in total. The lowest BCUT2D eigenvalue weighted by Crippen LogP contribution is -2.29. The number of anilines is 1. The summed E-state index contributed by atoms with van der Waals surface area (Å²) in [6, 6.07) is 17.5. The molecule has 0 saturated carbocycles. The van der Waals surface area contributed by atoms with E-state index in [4.69, 9.17) is 4.74 Å². The van der Waals surface area contributed by atoms with Crippen molar-refractivity contribution in [2.24, 2.45) is 0 Å². The number of benzene rings is 3. The SMILES string of the molecule is CCCCCOc1ccc(C2C(=C(O)c3ccc(C)cc3)C(=O)C(=O)N2c2nc3ccc(F)cc3s2)cc1. The zero-order chi connectivity index (χ0) is 26.8. The zero-order valence-electron chi connectivity index (χ0n) is 21.1. The quantitative estimate of drug-likeness (QED) is 0.116. The molecule has 1 saturated heterocycles. The molecule has 0 bridgehead atoms. The van der Waals surface area contributed by atoms with Gasteiger partial charge in [0.25, 0.3) is 5.78 Å². The molecule has 194 valence electrons. The Kier molecular flexibility index (Phi) is 7.24. The Morgan fingerprint density at radius 3 is 2.50 bits per heavy atom. The summed E-state index contributed by atoms with van der Waals surface area (Å²) < 4.78 is 20.2. The molecule has 1 atom stereocenters. The first-order valence-electron chi connectivity index (χ1n) is 12.5. The van der Waals surface area contributed by atoms with E-state index in [0.717, 1.165) is 36.2 Å². The van der Waals surface area contributed by atoms with E-state index in [1.807, 2.05) is 19.1 Å². The smallest absolute Gasteiger partial charge is 0.301 e. The zero-order valence-corrected chi connectivity index (χ0v) is 21.9. The number of ketones is 1. The van der Waals surface area contributed by atoms with Gasteiger partial charge in [-0.2, -0.15) is 0 Å². The Morgan fingerprint density at radius 1 is 1.05 bits per heavy atom. The number of halogens is 1. The highest BCUT2D eigenvalue weighted by Gasteiger charge is 2.48. The maximum absolute atomic E-state index is 13.8. The van der Waals surface area contributed by atoms with Gasteiger partial charge in [0.2, 0.25) is 0 Å². The number of rotatable bonds is 8. The second-order valence-electron chi connectivity index (χ2n) is 9.27. The normalized spacial score (nSPS) is 16.9. The summed E-state index contributed by atoms with van der Waals surface area (Å²) in [7, 11) is 0. The van der Waals surface area contributed by atoms with Crippen LogP contribution >= 0.6 is 11.3 Å². The number of Topliss-reactive ketones (excluding diaryl/α,β-unsaturated/α-hetero) is 1. The summed E-state index contributed by atoms with van der Waals surface area (Å²) >= 11 is 1.12. The van der Waals surface area contributed by atoms with Crippen molar-refractivity contribution < 1.29 is 23.8 Å². The van der Waals surface area contributed by atoms with E-state index in [2.05, 4.69) is 11.9 Å². The van der Waals surface area contributed by atoms with Crippen LogP contribution in [-0.2, 0) is 9.59 Å². The number of hydrogen-bond acceptors (Lipinski definition) is 6. The van der Waals surface area contributed by atoms with E-state index in [1.165, 1.54) is 23.1 Å². The van der Waals surface area contributed by atoms with E-state index in [-0.39, 0.29) is 16.5 Å². The molecule has 38 heavy (non-hydrogen) atoms. The van der Waals surface area contributed by atoms with Gasteiger partial charge in [-0.25, -0.2) is 9.37 Å². The lowest BCUT2D eigenvalue weighted by Gasteiger charge is -2.23. The van der Waals surface area contributed by atoms with Crippen LogP contribution in [0.25, 0.3) is 16.0 Å². The fourth-order valence-electron chi connectivity index (χ4n) is 4.49. The van der Waals surface area contributed by atoms with Gasteiger partial charge in [-0.3, -0.25) is 14.5 Å². The van der Waals surface area contributed by atoms with Crippen molar-refractivity contribution in [1.29, 1.82) is 0 Å². The Bertz CT molecular complexity index is 1530. The second kappa shape index (κ2) is 10.8. The van der Waals surface area contributed by atoms with Gasteiger partial charge < -0.3 is 9.84 Å². The summed E-state index contributed by atoms with van der Waals surface area (Å²) in [5.74, 6) is -1.61. The third-order valence-electron chi connectivity index (χ3n) is 6.53. The van der Waals surface area contributed by atoms with Gasteiger partial charge in [0.15, 0.2) is 5.13 Å². The van der Waals surface area contributed by atoms with Crippen LogP contribution in [0.1, 0.15) is 48.9 Å². The number of hydrogen-bond donors (Lipinski definition) is 1. The molecule has 0 radical (unpaired) electrons. The monoisotopic (exact) mass is 530 g/mol. The number of carbonyl (C=O) groups is 2. The first-order valence-corrected chi connectivity index (χ1v) is 13.4. The fourth-order valence-corrected chi connectivity index (χ4v) is 5.51. The topological polar surface area (TPSA) is 79.7 Å². The number of amides is 1. The van der Waals surface area contributed by atoms with E-state index in [9.17, 15) is 19.1 Å². The molecule has 8 heteroatoms. The van der Waals surface area contributed by atoms with Crippen molar-refractivity contribution in [2.75, 3.05) is 11.5 Å². The number of ether oxygens (including phenoxy) is 1. The average molecular weight is 531 g/mol. The van der Waals surface area contributed by atoms with Crippen LogP contribution in [0.5, 0.6) is 5.75 Å². The minimum absolute atomic E-state index is 0.0269. The van der Waals surface area contributed by atoms with Crippen LogP contribution in [-0.4, -0.2) is 28.4 Å². The van der Waals surface area contributed by atoms with Gasteiger partial charge in [-0.1, -0.05) is 73.1 Å². The highest BCUT2D eigenvalue weighted by atomic mass is 32.1. The molecule has 3 aromatic carbocycles. The maximum atomic E-state index is 13.8. The van der Waals surface area contributed by atoms with Crippen molar-refractivity contribution >= 4 is 44.1 Å². The van der Waals surface area contributed by atoms with Crippen molar-refractivity contribution in [3.8, 4) is 5.75 Å². The number of aliphatic hydroxyl groups excluding tert-OH is 1. The standard InChI is InChI=1S/C30H27FN2O4S/c1-3-4-5-16-37-22-13-10-19(11-14-22)26-25(27(34)20-8-6-18(2)7-9-20)28(35)29(36)33(26)30-32-23-15-12-21(31)17-24(23)38-30/h6-15,17,26,34H,3-5,16H2,1-2H3. The first kappa shape index (κ1) is 25.6. The van der Waals surface area contributed by atoms with Crippen molar-refractivity contribution in [3.05, 3.63) is 94.8 Å². The van der Waals surface area contributed by atoms with Gasteiger partial charge >= 0.3 is 5.91 Å². The number of aryl methyl sites for hydroxylation is 1. The Morgan fingerprint density at radius 2 is 1.79 bits per heavy atom. The maximum Gasteiger partial charge on any atom is 0.301 e. The lowest BCUT2D eigenvalue weighted by atomic mass is 9.95. The molecule has 1 aromatic heterocycles. The van der Waals surface area contributed by atoms with Crippen molar-refractivity contribution in [2.45, 2.75) is 39.2 Å². The Labute approximate surface area is 224 Å². The van der Waals surface area contributed by atoms with Crippen LogP contribution in [0.4, 0.5) is 9.52 Å². The molecule has 0 aliphatic carbocycles. The van der Waals surface area contributed by atoms with E-state index in [1.54, 1.807) is 36.4 Å². The van der Waals surface area contributed by atoms with Gasteiger partial charge in [0.05, 0.1) is 28.4 Å². The molecule has 1 amide bonds. The number of carbonyl (C=O) groups excluding carboxylic acids is 2. The highest BCUT2D eigenvalue weighted by molar-refractivity contribution is 7.22. The molecule has 5 rings (SSSR count). The van der Waals surface area contributed by atoms with Gasteiger partial charge in [0.1, 0.15) is 17.3 Å². The lowest BCUT2D eigenvalue weighted by molar-refractivity contribution is -0.132. The molecule has 1 aliphatic rings. The van der Waals surface area contributed by atoms with Gasteiger partial charge in [-0.05, 0) is 49.2 Å². The fraction of sp³-hybridized carbons (Fsp3) is 0.233. The number of nitrogens with zero attached hydrogens (tertiary/aromatic N) is 2. The van der Waals surface area contributed by atoms with Gasteiger partial charge in [-0.15, -0.1) is 0 Å². The number of fused-ring (bicyclic) bond motifs is 1. The molecule has 2 heterocycles. The highest BCUT2D eigenvalue weighted by Crippen LogP contribution is 2.44. The van der Waals surface area contributed by atoms with Crippen LogP contribution < -0.4 is 9.64 Å². The third-order valence-corrected chi connectivity index (χ3v) is 7.54. The number of thiazole rings is 1. The first-order chi connectivity index (χ1) is 18.4. The predicted molar refractivity (Wildman–Crippen MR) is 147 cm³/mol. The molecule has 4 aromatic rings. The summed E-state index contributed by atoms with van der Waals surface area (Å²) in [4.78, 5) is 32.6. The van der Waals surface area contributed by atoms with E-state index >= 15 is 0 Å². The Balaban J connectivity index is 1.60. The number of aliphatic hydroxyl groups is 1. The molecular weight excluding hydrogens is 503 g/mol. The molecule has 0 spiro atoms. The Hall–Kier alpha value is -4.04. The summed E-state index contributed by atoms with van der Waals surface area (Å²) in [6.07, 6.45) is 3.13. The van der Waals surface area contributed by atoms with Crippen molar-refractivity contribution in [1.82, 2.24) is 4.98 Å². The minimum atomic E-state index is -0.921. The molecule has 1 unspecified atom stereocenters. The van der Waals surface area contributed by atoms with E-state index in [0.29, 0.717) is 33.7 Å². The van der Waals surface area contributed by atoms with Crippen LogP contribution in [0.3, 0.4) is 0 Å². The summed E-state index contributed by atoms with van der Waals surface area (Å²) in [5, 5.41) is 11.5. The van der Waals surface area contributed by atoms with Crippen molar-refractivity contribution in [3.63, 3.8) is 0 Å². The summed E-state index contributed by atoms with van der Waals surface area (Å²) in [5.41, 5.74) is 2.53. The third kappa shape index (κ3) is 4.91. The minimum Gasteiger partial charge on any atom is -0.507 e. The molecule has 1 fully saturated rings. The second-order valence-corrected chi connectivity index (χ2v) is 10.3. The average Bonchev–Trinajstić information content (AvgIpc) is 3.44. The number of aromatic nitrogens is 1. The van der Waals surface area contributed by atoms with Crippen LogP contribution in [0.15, 0.2) is 72.3 Å². The molecule has 1 aliphatic heterocycles. The summed E-state index contributed by atoms with van der Waals surface area (Å²) in [6.45, 7) is 4.65. The largest absolute Gasteiger partial charge is 0.507 e. The predicted octanol–water partition coefficient (Wildman–Crippen LogP) is 6.94. The molecular formula is C30H27FN2O4S. The van der Waals surface area contributed by atoms with Crippen LogP contribution in [0.2, 0.25) is 0 Å².